The van der Waals surface area contributed by atoms with Crippen molar-refractivity contribution in [2.45, 2.75) is 25.9 Å². The molecule has 3 aromatic rings. The molecule has 3 rings (SSSR count). The molecule has 1 N–H and O–H groups in total. The second kappa shape index (κ2) is 8.96. The molecule has 7 heteroatoms. The van der Waals surface area contributed by atoms with Crippen molar-refractivity contribution in [2.75, 3.05) is 18.2 Å². The first-order chi connectivity index (χ1) is 13.9. The molecular weight excluding hydrogens is 386 g/mol. The molecule has 0 unspecified atom stereocenters. The Labute approximate surface area is 174 Å². The summed E-state index contributed by atoms with van der Waals surface area (Å²) in [5, 5.41) is 3.61. The SMILES string of the molecule is COC(=O)c1ccc(C)c(NC(=O)CSc2nccn2-c2ccc(C)cc2C)c1. The summed E-state index contributed by atoms with van der Waals surface area (Å²) in [5.41, 5.74) is 5.24. The lowest BCUT2D eigenvalue weighted by atomic mass is 10.1. The van der Waals surface area contributed by atoms with Crippen molar-refractivity contribution in [2.24, 2.45) is 0 Å². The molecule has 0 spiro atoms. The molecular formula is C22H23N3O3S. The van der Waals surface area contributed by atoms with Gasteiger partial charge in [-0.05, 0) is 50.1 Å². The number of imidazole rings is 1. The van der Waals surface area contributed by atoms with Gasteiger partial charge in [-0.2, -0.15) is 0 Å². The molecule has 0 atom stereocenters. The lowest BCUT2D eigenvalue weighted by Crippen LogP contribution is -2.16. The zero-order valence-electron chi connectivity index (χ0n) is 16.9. The average molecular weight is 410 g/mol. The Balaban J connectivity index is 1.70. The molecule has 1 amide bonds. The van der Waals surface area contributed by atoms with E-state index in [1.54, 1.807) is 24.4 Å². The summed E-state index contributed by atoms with van der Waals surface area (Å²) in [6.45, 7) is 5.99. The fraction of sp³-hybridized carbons (Fsp3) is 0.227. The summed E-state index contributed by atoms with van der Waals surface area (Å²) in [5.74, 6) is -0.412. The van der Waals surface area contributed by atoms with Crippen LogP contribution in [0.3, 0.4) is 0 Å². The minimum atomic E-state index is -0.439. The highest BCUT2D eigenvalue weighted by Gasteiger charge is 2.13. The molecule has 0 bridgehead atoms. The third kappa shape index (κ3) is 4.86. The standard InChI is InChI=1S/C22H23N3O3S/c1-14-5-8-19(16(3)11-14)25-10-9-23-22(25)29-13-20(26)24-18-12-17(21(27)28-4)7-6-15(18)2/h5-12H,13H2,1-4H3,(H,24,26). The number of nitrogens with one attached hydrogen (secondary N) is 1. The molecule has 1 heterocycles. The van der Waals surface area contributed by atoms with Gasteiger partial charge >= 0.3 is 5.97 Å². The smallest absolute Gasteiger partial charge is 0.337 e. The minimum absolute atomic E-state index is 0.171. The number of carbonyl (C=O) groups is 2. The van der Waals surface area contributed by atoms with Crippen LogP contribution in [0.25, 0.3) is 5.69 Å². The normalized spacial score (nSPS) is 10.6. The molecule has 29 heavy (non-hydrogen) atoms. The maximum atomic E-state index is 12.5. The van der Waals surface area contributed by atoms with Crippen molar-refractivity contribution in [1.29, 1.82) is 0 Å². The average Bonchev–Trinajstić information content (AvgIpc) is 3.15. The van der Waals surface area contributed by atoms with E-state index in [0.717, 1.165) is 22.0 Å². The Morgan fingerprint density at radius 2 is 1.90 bits per heavy atom. The van der Waals surface area contributed by atoms with E-state index in [2.05, 4.69) is 42.3 Å². The molecule has 2 aromatic carbocycles. The van der Waals surface area contributed by atoms with E-state index in [-0.39, 0.29) is 11.7 Å². The highest BCUT2D eigenvalue weighted by Crippen LogP contribution is 2.24. The summed E-state index contributed by atoms with van der Waals surface area (Å²) in [6.07, 6.45) is 3.62. The van der Waals surface area contributed by atoms with Crippen molar-refractivity contribution in [3.8, 4) is 5.69 Å². The van der Waals surface area contributed by atoms with Crippen LogP contribution in [0.4, 0.5) is 5.69 Å². The molecule has 0 saturated heterocycles. The van der Waals surface area contributed by atoms with Gasteiger partial charge in [-0.15, -0.1) is 0 Å². The van der Waals surface area contributed by atoms with Gasteiger partial charge in [0.05, 0.1) is 24.1 Å². The predicted octanol–water partition coefficient (Wildman–Crippen LogP) is 4.31. The summed E-state index contributed by atoms with van der Waals surface area (Å²) in [7, 11) is 1.33. The number of rotatable bonds is 6. The highest BCUT2D eigenvalue weighted by atomic mass is 32.2. The Morgan fingerprint density at radius 3 is 2.62 bits per heavy atom. The monoisotopic (exact) mass is 409 g/mol. The van der Waals surface area contributed by atoms with Crippen LogP contribution in [0.1, 0.15) is 27.0 Å². The van der Waals surface area contributed by atoms with Crippen molar-refractivity contribution in [3.05, 3.63) is 71.0 Å². The number of aromatic nitrogens is 2. The lowest BCUT2D eigenvalue weighted by Gasteiger charge is -2.12. The van der Waals surface area contributed by atoms with Gasteiger partial charge in [-0.25, -0.2) is 9.78 Å². The topological polar surface area (TPSA) is 73.2 Å². The van der Waals surface area contributed by atoms with Gasteiger partial charge in [-0.3, -0.25) is 9.36 Å². The molecule has 0 aliphatic carbocycles. The second-order valence-corrected chi connectivity index (χ2v) is 7.67. The maximum absolute atomic E-state index is 12.5. The number of hydrogen-bond donors (Lipinski definition) is 1. The van der Waals surface area contributed by atoms with Crippen molar-refractivity contribution in [3.63, 3.8) is 0 Å². The van der Waals surface area contributed by atoms with Gasteiger partial charge in [0, 0.05) is 18.1 Å². The summed E-state index contributed by atoms with van der Waals surface area (Å²) < 4.78 is 6.72. The number of methoxy groups -OCH3 is 1. The van der Waals surface area contributed by atoms with Gasteiger partial charge in [0.2, 0.25) is 5.91 Å². The van der Waals surface area contributed by atoms with Crippen molar-refractivity contribution >= 4 is 29.3 Å². The van der Waals surface area contributed by atoms with E-state index in [4.69, 9.17) is 4.74 Å². The van der Waals surface area contributed by atoms with E-state index in [1.807, 2.05) is 17.7 Å². The quantitative estimate of drug-likeness (QED) is 0.485. The highest BCUT2D eigenvalue weighted by molar-refractivity contribution is 7.99. The number of ether oxygens (including phenoxy) is 1. The van der Waals surface area contributed by atoms with Gasteiger partial charge in [0.25, 0.3) is 0 Å². The van der Waals surface area contributed by atoms with Crippen LogP contribution in [0.15, 0.2) is 53.9 Å². The minimum Gasteiger partial charge on any atom is -0.465 e. The number of esters is 1. The van der Waals surface area contributed by atoms with Gasteiger partial charge in [0.15, 0.2) is 5.16 Å². The third-order valence-corrected chi connectivity index (χ3v) is 5.45. The number of anilines is 1. The zero-order chi connectivity index (χ0) is 21.0. The first kappa shape index (κ1) is 20.7. The third-order valence-electron chi connectivity index (χ3n) is 4.48. The molecule has 0 aliphatic rings. The molecule has 6 nitrogen and oxygen atoms in total. The van der Waals surface area contributed by atoms with Gasteiger partial charge in [0.1, 0.15) is 0 Å². The summed E-state index contributed by atoms with van der Waals surface area (Å²) in [6, 6.07) is 11.3. The zero-order valence-corrected chi connectivity index (χ0v) is 17.7. The molecule has 0 saturated carbocycles. The number of carbonyl (C=O) groups excluding carboxylic acids is 2. The van der Waals surface area contributed by atoms with E-state index in [1.165, 1.54) is 24.4 Å². The fourth-order valence-electron chi connectivity index (χ4n) is 2.97. The number of nitrogens with zero attached hydrogens (tertiary/aromatic N) is 2. The summed E-state index contributed by atoms with van der Waals surface area (Å²) in [4.78, 5) is 28.6. The number of aryl methyl sites for hydroxylation is 3. The Morgan fingerprint density at radius 1 is 1.10 bits per heavy atom. The summed E-state index contributed by atoms with van der Waals surface area (Å²) >= 11 is 1.36. The van der Waals surface area contributed by atoms with Crippen molar-refractivity contribution in [1.82, 2.24) is 9.55 Å². The first-order valence-corrected chi connectivity index (χ1v) is 10.1. The van der Waals surface area contributed by atoms with Crippen LogP contribution in [0, 0.1) is 20.8 Å². The van der Waals surface area contributed by atoms with E-state index in [0.29, 0.717) is 11.3 Å². The van der Waals surface area contributed by atoms with Crippen LogP contribution >= 0.6 is 11.8 Å². The van der Waals surface area contributed by atoms with Crippen LogP contribution in [0.2, 0.25) is 0 Å². The van der Waals surface area contributed by atoms with Gasteiger partial charge < -0.3 is 10.1 Å². The van der Waals surface area contributed by atoms with Gasteiger partial charge in [-0.1, -0.05) is 35.5 Å². The lowest BCUT2D eigenvalue weighted by molar-refractivity contribution is -0.113. The molecule has 150 valence electrons. The predicted molar refractivity (Wildman–Crippen MR) is 115 cm³/mol. The molecule has 1 aromatic heterocycles. The number of benzene rings is 2. The fourth-order valence-corrected chi connectivity index (χ4v) is 3.74. The van der Waals surface area contributed by atoms with Crippen LogP contribution in [0.5, 0.6) is 0 Å². The van der Waals surface area contributed by atoms with Crippen LogP contribution in [-0.2, 0) is 9.53 Å². The first-order valence-electron chi connectivity index (χ1n) is 9.11. The van der Waals surface area contributed by atoms with Crippen LogP contribution in [-0.4, -0.2) is 34.3 Å². The second-order valence-electron chi connectivity index (χ2n) is 6.73. The number of hydrogen-bond acceptors (Lipinski definition) is 5. The molecule has 0 radical (unpaired) electrons. The van der Waals surface area contributed by atoms with Crippen LogP contribution < -0.4 is 5.32 Å². The van der Waals surface area contributed by atoms with E-state index < -0.39 is 5.97 Å². The van der Waals surface area contributed by atoms with Crippen molar-refractivity contribution < 1.29 is 14.3 Å². The maximum Gasteiger partial charge on any atom is 0.337 e. The largest absolute Gasteiger partial charge is 0.465 e. The Bertz CT molecular complexity index is 1060. The molecule has 0 fully saturated rings. The molecule has 0 aliphatic heterocycles. The van der Waals surface area contributed by atoms with E-state index in [9.17, 15) is 9.59 Å². The number of amides is 1. The Hall–Kier alpha value is -3.06. The van der Waals surface area contributed by atoms with E-state index >= 15 is 0 Å². The Kier molecular flexibility index (Phi) is 6.39. The number of thioether (sulfide) groups is 1.